The number of carbonyl (C=O) groups is 1. The Hall–Kier alpha value is -1.31. The van der Waals surface area contributed by atoms with Gasteiger partial charge in [-0.25, -0.2) is 0 Å². The number of benzene rings is 1. The van der Waals surface area contributed by atoms with E-state index < -0.39 is 0 Å². The van der Waals surface area contributed by atoms with Crippen molar-refractivity contribution >= 4 is 5.91 Å². The first-order valence-corrected chi connectivity index (χ1v) is 7.08. The highest BCUT2D eigenvalue weighted by molar-refractivity contribution is 5.99. The third-order valence-corrected chi connectivity index (χ3v) is 3.24. The van der Waals surface area contributed by atoms with Crippen LogP contribution in [0, 0.1) is 0 Å². The fraction of sp³-hybridized carbons (Fsp3) is 0.562. The maximum atomic E-state index is 12.2. The number of carbonyl (C=O) groups excluding carboxylic acids is 1. The van der Waals surface area contributed by atoms with Crippen LogP contribution in [-0.4, -0.2) is 16.8 Å². The summed E-state index contributed by atoms with van der Waals surface area (Å²) in [6, 6.07) is 8.58. The molecule has 1 aliphatic rings. The molecule has 100 valence electrons. The quantitative estimate of drug-likeness (QED) is 0.774. The highest BCUT2D eigenvalue weighted by atomic mass is 16.2. The second-order valence-corrected chi connectivity index (χ2v) is 4.70. The van der Waals surface area contributed by atoms with Gasteiger partial charge in [-0.1, -0.05) is 45.4 Å². The van der Waals surface area contributed by atoms with Gasteiger partial charge in [-0.05, 0) is 31.9 Å². The summed E-state index contributed by atoms with van der Waals surface area (Å²) in [7, 11) is 0. The van der Waals surface area contributed by atoms with E-state index in [4.69, 9.17) is 0 Å². The number of fused-ring (bicyclic) bond motifs is 1. The zero-order chi connectivity index (χ0) is 13.7. The minimum atomic E-state index is 0.198. The summed E-state index contributed by atoms with van der Waals surface area (Å²) >= 11 is 0. The number of hydrogen-bond donors (Lipinski definition) is 0. The highest BCUT2D eigenvalue weighted by Gasteiger charge is 2.36. The molecule has 0 spiro atoms. The first-order valence-electron chi connectivity index (χ1n) is 7.08. The SMILES string of the molecule is CC.CCCC1c2ccccc2C(=O)N1C(C)C. The lowest BCUT2D eigenvalue weighted by atomic mass is 10.0. The number of hydrogen-bond acceptors (Lipinski definition) is 1. The predicted octanol–water partition coefficient (Wildman–Crippen LogP) is 4.42. The van der Waals surface area contributed by atoms with Gasteiger partial charge in [-0.3, -0.25) is 4.79 Å². The molecule has 1 aromatic carbocycles. The average molecular weight is 247 g/mol. The summed E-state index contributed by atoms with van der Waals surface area (Å²) in [5, 5.41) is 0. The van der Waals surface area contributed by atoms with Gasteiger partial charge in [0.15, 0.2) is 0 Å². The molecule has 1 atom stereocenters. The number of rotatable bonds is 3. The fourth-order valence-corrected chi connectivity index (χ4v) is 2.58. The largest absolute Gasteiger partial charge is 0.329 e. The van der Waals surface area contributed by atoms with Gasteiger partial charge in [0, 0.05) is 11.6 Å². The summed E-state index contributed by atoms with van der Waals surface area (Å²) in [6.07, 6.45) is 2.16. The van der Waals surface area contributed by atoms with Crippen LogP contribution >= 0.6 is 0 Å². The molecule has 2 heteroatoms. The van der Waals surface area contributed by atoms with E-state index in [-0.39, 0.29) is 18.0 Å². The first-order chi connectivity index (χ1) is 8.66. The second kappa shape index (κ2) is 6.58. The Kier molecular flexibility index (Phi) is 5.39. The molecule has 18 heavy (non-hydrogen) atoms. The van der Waals surface area contributed by atoms with E-state index in [2.05, 4.69) is 26.8 Å². The normalized spacial score (nSPS) is 17.6. The Balaban J connectivity index is 0.000000771. The van der Waals surface area contributed by atoms with E-state index in [1.54, 1.807) is 0 Å². The van der Waals surface area contributed by atoms with E-state index in [9.17, 15) is 4.79 Å². The van der Waals surface area contributed by atoms with Crippen molar-refractivity contribution in [2.75, 3.05) is 0 Å². The second-order valence-electron chi connectivity index (χ2n) is 4.70. The topological polar surface area (TPSA) is 20.3 Å². The minimum Gasteiger partial charge on any atom is -0.329 e. The Morgan fingerprint density at radius 2 is 1.83 bits per heavy atom. The van der Waals surface area contributed by atoms with Gasteiger partial charge < -0.3 is 4.90 Å². The third kappa shape index (κ3) is 2.58. The van der Waals surface area contributed by atoms with Crippen LogP contribution < -0.4 is 0 Å². The average Bonchev–Trinajstić information content (AvgIpc) is 2.67. The summed E-state index contributed by atoms with van der Waals surface area (Å²) in [5.41, 5.74) is 2.11. The molecule has 1 unspecified atom stereocenters. The summed E-state index contributed by atoms with van der Waals surface area (Å²) in [6.45, 7) is 10.3. The fourth-order valence-electron chi connectivity index (χ4n) is 2.58. The lowest BCUT2D eigenvalue weighted by Crippen LogP contribution is -2.34. The molecule has 0 bridgehead atoms. The molecule has 1 heterocycles. The first kappa shape index (κ1) is 14.7. The number of nitrogens with zero attached hydrogens (tertiary/aromatic N) is 1. The predicted molar refractivity (Wildman–Crippen MR) is 76.7 cm³/mol. The maximum absolute atomic E-state index is 12.2. The van der Waals surface area contributed by atoms with Gasteiger partial charge in [0.2, 0.25) is 0 Å². The molecule has 0 aliphatic carbocycles. The summed E-state index contributed by atoms with van der Waals surface area (Å²) < 4.78 is 0. The van der Waals surface area contributed by atoms with Gasteiger partial charge in [-0.2, -0.15) is 0 Å². The van der Waals surface area contributed by atoms with Crippen molar-refractivity contribution in [2.45, 2.75) is 59.5 Å². The van der Waals surface area contributed by atoms with Crippen molar-refractivity contribution in [2.24, 2.45) is 0 Å². The molecular formula is C16H25NO. The van der Waals surface area contributed by atoms with Crippen LogP contribution in [0.5, 0.6) is 0 Å². The maximum Gasteiger partial charge on any atom is 0.254 e. The lowest BCUT2D eigenvalue weighted by molar-refractivity contribution is 0.0652. The van der Waals surface area contributed by atoms with Gasteiger partial charge in [0.25, 0.3) is 5.91 Å². The molecule has 0 N–H and O–H groups in total. The third-order valence-electron chi connectivity index (χ3n) is 3.24. The monoisotopic (exact) mass is 247 g/mol. The lowest BCUT2D eigenvalue weighted by Gasteiger charge is -2.28. The standard InChI is InChI=1S/C14H19NO.C2H6/c1-4-7-13-11-8-5-6-9-12(11)14(16)15(13)10(2)3;1-2/h5-6,8-10,13H,4,7H2,1-3H3;1-2H3. The smallest absolute Gasteiger partial charge is 0.254 e. The molecule has 0 radical (unpaired) electrons. The molecule has 0 saturated heterocycles. The van der Waals surface area contributed by atoms with Crippen LogP contribution in [0.3, 0.4) is 0 Å². The van der Waals surface area contributed by atoms with Crippen LogP contribution in [-0.2, 0) is 0 Å². The molecule has 2 rings (SSSR count). The van der Waals surface area contributed by atoms with Crippen molar-refractivity contribution in [1.82, 2.24) is 4.90 Å². The van der Waals surface area contributed by atoms with E-state index >= 15 is 0 Å². The summed E-state index contributed by atoms with van der Waals surface area (Å²) in [4.78, 5) is 14.3. The van der Waals surface area contributed by atoms with E-state index in [1.165, 1.54) is 5.56 Å². The molecule has 2 nitrogen and oxygen atoms in total. The highest BCUT2D eigenvalue weighted by Crippen LogP contribution is 2.37. The van der Waals surface area contributed by atoms with Gasteiger partial charge in [0.05, 0.1) is 6.04 Å². The van der Waals surface area contributed by atoms with Crippen molar-refractivity contribution in [3.63, 3.8) is 0 Å². The van der Waals surface area contributed by atoms with Gasteiger partial charge in [-0.15, -0.1) is 0 Å². The molecule has 1 aromatic rings. The molecule has 1 aliphatic heterocycles. The Morgan fingerprint density at radius 1 is 1.22 bits per heavy atom. The van der Waals surface area contributed by atoms with E-state index in [0.29, 0.717) is 0 Å². The van der Waals surface area contributed by atoms with Crippen molar-refractivity contribution in [3.8, 4) is 0 Å². The molecule has 0 fully saturated rings. The Bertz CT molecular complexity index is 398. The van der Waals surface area contributed by atoms with Crippen LogP contribution in [0.25, 0.3) is 0 Å². The van der Waals surface area contributed by atoms with Crippen LogP contribution in [0.15, 0.2) is 24.3 Å². The van der Waals surface area contributed by atoms with E-state index in [0.717, 1.165) is 18.4 Å². The van der Waals surface area contributed by atoms with E-state index in [1.807, 2.05) is 36.9 Å². The van der Waals surface area contributed by atoms with Crippen molar-refractivity contribution in [1.29, 1.82) is 0 Å². The van der Waals surface area contributed by atoms with Crippen LogP contribution in [0.4, 0.5) is 0 Å². The zero-order valence-electron chi connectivity index (χ0n) is 12.2. The minimum absolute atomic E-state index is 0.198. The molecular weight excluding hydrogens is 222 g/mol. The van der Waals surface area contributed by atoms with Gasteiger partial charge in [0.1, 0.15) is 0 Å². The van der Waals surface area contributed by atoms with Crippen molar-refractivity contribution in [3.05, 3.63) is 35.4 Å². The van der Waals surface area contributed by atoms with Crippen LogP contribution in [0.2, 0.25) is 0 Å². The van der Waals surface area contributed by atoms with Gasteiger partial charge >= 0.3 is 0 Å². The van der Waals surface area contributed by atoms with Crippen LogP contribution in [0.1, 0.15) is 69.4 Å². The molecule has 1 amide bonds. The molecule has 0 aromatic heterocycles. The number of amides is 1. The molecule has 0 saturated carbocycles. The summed E-state index contributed by atoms with van der Waals surface area (Å²) in [5.74, 6) is 0.198. The zero-order valence-corrected chi connectivity index (χ0v) is 12.2. The Labute approximate surface area is 111 Å². The Morgan fingerprint density at radius 3 is 2.39 bits per heavy atom. The van der Waals surface area contributed by atoms with Crippen molar-refractivity contribution < 1.29 is 4.79 Å².